The first kappa shape index (κ1) is 7.98. The predicted molar refractivity (Wildman–Crippen MR) is 40.4 cm³/mol. The van der Waals surface area contributed by atoms with Gasteiger partial charge in [-0.1, -0.05) is 0 Å². The van der Waals surface area contributed by atoms with Crippen LogP contribution in [-0.2, 0) is 0 Å². The Labute approximate surface area is 61.8 Å². The highest BCUT2D eigenvalue weighted by Crippen LogP contribution is 2.16. The molecule has 0 aromatic heterocycles. The second-order valence-corrected chi connectivity index (χ2v) is 3.13. The van der Waals surface area contributed by atoms with Crippen LogP contribution in [0.4, 0.5) is 0 Å². The van der Waals surface area contributed by atoms with Crippen LogP contribution in [-0.4, -0.2) is 36.4 Å². The third-order valence-corrected chi connectivity index (χ3v) is 2.25. The molecule has 0 aromatic rings. The molecule has 0 aromatic carbocycles. The third kappa shape index (κ3) is 1.94. The molecule has 0 aliphatic carbocycles. The summed E-state index contributed by atoms with van der Waals surface area (Å²) in [4.78, 5) is 2.26. The summed E-state index contributed by atoms with van der Waals surface area (Å²) < 4.78 is 0. The number of rotatable bonds is 1. The molecule has 0 saturated carbocycles. The average Bonchev–Trinajstić information content (AvgIpc) is 1.88. The molecular weight excluding hydrogens is 128 g/mol. The maximum absolute atomic E-state index is 9.02. The van der Waals surface area contributed by atoms with E-state index in [4.69, 9.17) is 10.8 Å². The summed E-state index contributed by atoms with van der Waals surface area (Å²) in [5.74, 6) is 0.330. The fourth-order valence-corrected chi connectivity index (χ4v) is 1.37. The average molecular weight is 144 g/mol. The van der Waals surface area contributed by atoms with E-state index in [-0.39, 0.29) is 0 Å². The number of aliphatic hydroxyl groups excluding tert-OH is 1. The fraction of sp³-hybridized carbons (Fsp3) is 1.00. The van der Waals surface area contributed by atoms with Gasteiger partial charge in [-0.25, -0.2) is 0 Å². The molecule has 1 saturated heterocycles. The lowest BCUT2D eigenvalue weighted by Gasteiger charge is -2.30. The van der Waals surface area contributed by atoms with E-state index in [2.05, 4.69) is 11.9 Å². The van der Waals surface area contributed by atoms with Gasteiger partial charge in [0, 0.05) is 5.92 Å². The van der Waals surface area contributed by atoms with E-state index in [1.54, 1.807) is 0 Å². The SMILES string of the molecule is CN1CCC(C(N)O)CC1. The summed E-state index contributed by atoms with van der Waals surface area (Å²) in [5, 5.41) is 9.02. The molecule has 3 N–H and O–H groups in total. The van der Waals surface area contributed by atoms with Crippen LogP contribution in [0.25, 0.3) is 0 Å². The molecule has 1 aliphatic rings. The van der Waals surface area contributed by atoms with Crippen LogP contribution in [0.1, 0.15) is 12.8 Å². The van der Waals surface area contributed by atoms with Gasteiger partial charge < -0.3 is 15.7 Å². The van der Waals surface area contributed by atoms with Gasteiger partial charge in [0.1, 0.15) is 6.23 Å². The van der Waals surface area contributed by atoms with E-state index in [1.165, 1.54) is 0 Å². The summed E-state index contributed by atoms with van der Waals surface area (Å²) in [6, 6.07) is 0. The first-order chi connectivity index (χ1) is 4.70. The Morgan fingerprint density at radius 1 is 1.50 bits per heavy atom. The number of aliphatic hydroxyl groups is 1. The topological polar surface area (TPSA) is 49.5 Å². The molecule has 10 heavy (non-hydrogen) atoms. The lowest BCUT2D eigenvalue weighted by molar-refractivity contribution is 0.0710. The zero-order valence-electron chi connectivity index (χ0n) is 6.45. The van der Waals surface area contributed by atoms with Gasteiger partial charge in [0.2, 0.25) is 0 Å². The van der Waals surface area contributed by atoms with Gasteiger partial charge >= 0.3 is 0 Å². The largest absolute Gasteiger partial charge is 0.379 e. The van der Waals surface area contributed by atoms with Crippen molar-refractivity contribution in [1.29, 1.82) is 0 Å². The minimum Gasteiger partial charge on any atom is -0.379 e. The van der Waals surface area contributed by atoms with Crippen molar-refractivity contribution in [2.24, 2.45) is 11.7 Å². The smallest absolute Gasteiger partial charge is 0.105 e. The summed E-state index contributed by atoms with van der Waals surface area (Å²) in [6.45, 7) is 2.14. The van der Waals surface area contributed by atoms with Crippen LogP contribution in [0.5, 0.6) is 0 Å². The van der Waals surface area contributed by atoms with E-state index in [1.807, 2.05) is 0 Å². The summed E-state index contributed by atoms with van der Waals surface area (Å²) in [7, 11) is 2.10. The van der Waals surface area contributed by atoms with Crippen molar-refractivity contribution < 1.29 is 5.11 Å². The Balaban J connectivity index is 2.26. The summed E-state index contributed by atoms with van der Waals surface area (Å²) in [6.07, 6.45) is 1.47. The second kappa shape index (κ2) is 3.32. The molecule has 1 rings (SSSR count). The molecule has 1 atom stereocenters. The van der Waals surface area contributed by atoms with Crippen LogP contribution in [0.15, 0.2) is 0 Å². The zero-order chi connectivity index (χ0) is 7.56. The van der Waals surface area contributed by atoms with Crippen molar-refractivity contribution in [3.8, 4) is 0 Å². The van der Waals surface area contributed by atoms with Crippen molar-refractivity contribution in [1.82, 2.24) is 4.90 Å². The number of piperidine rings is 1. The summed E-state index contributed by atoms with van der Waals surface area (Å²) >= 11 is 0. The van der Waals surface area contributed by atoms with Crippen LogP contribution in [0.3, 0.4) is 0 Å². The first-order valence-corrected chi connectivity index (χ1v) is 3.82. The van der Waals surface area contributed by atoms with Crippen LogP contribution in [0, 0.1) is 5.92 Å². The van der Waals surface area contributed by atoms with Gasteiger partial charge in [0.25, 0.3) is 0 Å². The molecule has 1 heterocycles. The van der Waals surface area contributed by atoms with Crippen LogP contribution >= 0.6 is 0 Å². The fourth-order valence-electron chi connectivity index (χ4n) is 1.37. The van der Waals surface area contributed by atoms with E-state index >= 15 is 0 Å². The Morgan fingerprint density at radius 2 is 2.00 bits per heavy atom. The second-order valence-electron chi connectivity index (χ2n) is 3.13. The number of nitrogens with two attached hydrogens (primary N) is 1. The Hall–Kier alpha value is -0.120. The molecule has 3 nitrogen and oxygen atoms in total. The number of hydrogen-bond donors (Lipinski definition) is 2. The molecular formula is C7H16N2O. The van der Waals surface area contributed by atoms with Crippen molar-refractivity contribution in [2.75, 3.05) is 20.1 Å². The van der Waals surface area contributed by atoms with Gasteiger partial charge in [0.05, 0.1) is 0 Å². The molecule has 60 valence electrons. The molecule has 3 heteroatoms. The van der Waals surface area contributed by atoms with Gasteiger partial charge in [-0.05, 0) is 33.0 Å². The lowest BCUT2D eigenvalue weighted by Crippen LogP contribution is -2.39. The van der Waals surface area contributed by atoms with Crippen molar-refractivity contribution in [3.63, 3.8) is 0 Å². The molecule has 0 spiro atoms. The Morgan fingerprint density at radius 3 is 2.40 bits per heavy atom. The normalized spacial score (nSPS) is 26.7. The maximum Gasteiger partial charge on any atom is 0.105 e. The summed E-state index contributed by atoms with van der Waals surface area (Å²) in [5.41, 5.74) is 5.35. The van der Waals surface area contributed by atoms with E-state index in [9.17, 15) is 0 Å². The van der Waals surface area contributed by atoms with Crippen molar-refractivity contribution >= 4 is 0 Å². The molecule has 1 unspecified atom stereocenters. The van der Waals surface area contributed by atoms with E-state index in [0.717, 1.165) is 25.9 Å². The Kier molecular flexibility index (Phi) is 2.65. The lowest BCUT2D eigenvalue weighted by atomic mass is 9.96. The van der Waals surface area contributed by atoms with E-state index < -0.39 is 6.23 Å². The van der Waals surface area contributed by atoms with Crippen LogP contribution < -0.4 is 5.73 Å². The minimum atomic E-state index is -0.603. The minimum absolute atomic E-state index is 0.330. The van der Waals surface area contributed by atoms with Crippen LogP contribution in [0.2, 0.25) is 0 Å². The van der Waals surface area contributed by atoms with Crippen molar-refractivity contribution in [3.05, 3.63) is 0 Å². The number of nitrogens with zero attached hydrogens (tertiary/aromatic N) is 1. The number of likely N-dealkylation sites (tertiary alicyclic amines) is 1. The zero-order valence-corrected chi connectivity index (χ0v) is 6.45. The highest BCUT2D eigenvalue weighted by molar-refractivity contribution is 4.72. The van der Waals surface area contributed by atoms with E-state index in [0.29, 0.717) is 5.92 Å². The molecule has 0 radical (unpaired) electrons. The third-order valence-electron chi connectivity index (χ3n) is 2.25. The number of hydrogen-bond acceptors (Lipinski definition) is 3. The van der Waals surface area contributed by atoms with Crippen molar-refractivity contribution in [2.45, 2.75) is 19.1 Å². The highest BCUT2D eigenvalue weighted by atomic mass is 16.3. The Bertz CT molecular complexity index is 97.8. The monoisotopic (exact) mass is 144 g/mol. The quantitative estimate of drug-likeness (QED) is 0.493. The molecule has 1 fully saturated rings. The molecule has 0 amide bonds. The predicted octanol–water partition coefficient (Wildman–Crippen LogP) is -0.395. The van der Waals surface area contributed by atoms with Gasteiger partial charge in [0.15, 0.2) is 0 Å². The highest BCUT2D eigenvalue weighted by Gasteiger charge is 2.20. The van der Waals surface area contributed by atoms with Gasteiger partial charge in [-0.3, -0.25) is 0 Å². The maximum atomic E-state index is 9.02. The molecule has 1 aliphatic heterocycles. The van der Waals surface area contributed by atoms with Gasteiger partial charge in [-0.15, -0.1) is 0 Å². The molecule has 0 bridgehead atoms. The van der Waals surface area contributed by atoms with Gasteiger partial charge in [-0.2, -0.15) is 0 Å². The first-order valence-electron chi connectivity index (χ1n) is 3.82. The standard InChI is InChI=1S/C7H16N2O/c1-9-4-2-6(3-5-9)7(8)10/h6-7,10H,2-5,8H2,1H3.